The van der Waals surface area contributed by atoms with Crippen molar-refractivity contribution in [2.24, 2.45) is 0 Å². The van der Waals surface area contributed by atoms with Crippen LogP contribution < -0.4 is 5.32 Å². The van der Waals surface area contributed by atoms with E-state index >= 15 is 0 Å². The number of hydrogen-bond acceptors (Lipinski definition) is 3. The minimum atomic E-state index is -0.190. The number of carbonyl (C=O) groups excluding carboxylic acids is 1. The Bertz CT molecular complexity index is 413. The Labute approximate surface area is 108 Å². The molecule has 0 spiro atoms. The van der Waals surface area contributed by atoms with Gasteiger partial charge in [-0.15, -0.1) is 0 Å². The normalized spacial score (nSPS) is 23.2. The summed E-state index contributed by atoms with van der Waals surface area (Å²) in [7, 11) is 0. The number of hydrogen-bond donors (Lipinski definition) is 1. The first-order valence-electron chi connectivity index (χ1n) is 6.88. The van der Waals surface area contributed by atoms with Crippen LogP contribution in [-0.4, -0.2) is 18.1 Å². The number of rotatable bonds is 2. The van der Waals surface area contributed by atoms with Crippen molar-refractivity contribution in [2.75, 3.05) is 5.32 Å². The third-order valence-electron chi connectivity index (χ3n) is 3.89. The van der Waals surface area contributed by atoms with Crippen molar-refractivity contribution in [1.29, 1.82) is 0 Å². The van der Waals surface area contributed by atoms with Crippen LogP contribution in [0.2, 0.25) is 0 Å². The number of esters is 1. The van der Waals surface area contributed by atoms with Gasteiger partial charge in [0, 0.05) is 12.1 Å². The second-order valence-corrected chi connectivity index (χ2v) is 5.26. The Balaban J connectivity index is 1.58. The Morgan fingerprint density at radius 2 is 1.94 bits per heavy atom. The standard InChI is InChI=1S/C15H19NO2/c17-15(18-12-7-2-1-3-8-12)14-10-11-6-4-5-9-13(11)16-14/h4-6,9,12,14,16H,1-3,7-8,10H2/t14-/m1/s1. The molecule has 1 aromatic carbocycles. The largest absolute Gasteiger partial charge is 0.461 e. The van der Waals surface area contributed by atoms with Gasteiger partial charge in [-0.2, -0.15) is 0 Å². The highest BCUT2D eigenvalue weighted by atomic mass is 16.5. The van der Waals surface area contributed by atoms with E-state index in [0.29, 0.717) is 0 Å². The Morgan fingerprint density at radius 1 is 1.17 bits per heavy atom. The highest BCUT2D eigenvalue weighted by Gasteiger charge is 2.29. The molecule has 2 aliphatic rings. The fourth-order valence-corrected chi connectivity index (χ4v) is 2.87. The number of benzene rings is 1. The van der Waals surface area contributed by atoms with Gasteiger partial charge in [0.15, 0.2) is 0 Å². The van der Waals surface area contributed by atoms with Crippen molar-refractivity contribution < 1.29 is 9.53 Å². The lowest BCUT2D eigenvalue weighted by molar-refractivity contribution is -0.151. The summed E-state index contributed by atoms with van der Waals surface area (Å²) in [6.45, 7) is 0. The van der Waals surface area contributed by atoms with Crippen molar-refractivity contribution in [3.8, 4) is 0 Å². The molecule has 1 aliphatic heterocycles. The molecule has 3 heteroatoms. The molecule has 3 rings (SSSR count). The summed E-state index contributed by atoms with van der Waals surface area (Å²) in [5.74, 6) is -0.0851. The zero-order valence-corrected chi connectivity index (χ0v) is 10.5. The maximum Gasteiger partial charge on any atom is 0.329 e. The van der Waals surface area contributed by atoms with Gasteiger partial charge in [-0.05, 0) is 37.3 Å². The van der Waals surface area contributed by atoms with Crippen molar-refractivity contribution in [3.63, 3.8) is 0 Å². The van der Waals surface area contributed by atoms with E-state index in [1.165, 1.54) is 24.8 Å². The summed E-state index contributed by atoms with van der Waals surface area (Å²) in [5, 5.41) is 3.25. The maximum atomic E-state index is 12.1. The molecule has 1 aromatic rings. The number of para-hydroxylation sites is 1. The Morgan fingerprint density at radius 3 is 2.72 bits per heavy atom. The molecule has 1 N–H and O–H groups in total. The van der Waals surface area contributed by atoms with Crippen molar-refractivity contribution in [3.05, 3.63) is 29.8 Å². The van der Waals surface area contributed by atoms with Gasteiger partial charge in [-0.3, -0.25) is 0 Å². The molecule has 96 valence electrons. The van der Waals surface area contributed by atoms with Crippen LogP contribution in [0, 0.1) is 0 Å². The SMILES string of the molecule is O=C(OC1CCCCC1)[C@H]1Cc2ccccc2N1. The molecule has 0 radical (unpaired) electrons. The van der Waals surface area contributed by atoms with Gasteiger partial charge < -0.3 is 10.1 Å². The number of nitrogens with one attached hydrogen (secondary N) is 1. The van der Waals surface area contributed by atoms with Crippen LogP contribution in [0.25, 0.3) is 0 Å². The van der Waals surface area contributed by atoms with Gasteiger partial charge in [0.1, 0.15) is 12.1 Å². The lowest BCUT2D eigenvalue weighted by Crippen LogP contribution is -2.33. The van der Waals surface area contributed by atoms with Crippen molar-refractivity contribution >= 4 is 11.7 Å². The monoisotopic (exact) mass is 245 g/mol. The van der Waals surface area contributed by atoms with E-state index in [2.05, 4.69) is 11.4 Å². The fraction of sp³-hybridized carbons (Fsp3) is 0.533. The summed E-state index contributed by atoms with van der Waals surface area (Å²) >= 11 is 0. The predicted octanol–water partition coefficient (Wildman–Crippen LogP) is 2.90. The molecule has 18 heavy (non-hydrogen) atoms. The van der Waals surface area contributed by atoms with Crippen LogP contribution in [0.5, 0.6) is 0 Å². The minimum absolute atomic E-state index is 0.0851. The first-order valence-corrected chi connectivity index (χ1v) is 6.88. The van der Waals surface area contributed by atoms with Gasteiger partial charge in [-0.25, -0.2) is 4.79 Å². The van der Waals surface area contributed by atoms with E-state index in [-0.39, 0.29) is 18.1 Å². The quantitative estimate of drug-likeness (QED) is 0.814. The first kappa shape index (κ1) is 11.6. The number of anilines is 1. The molecule has 0 saturated heterocycles. The summed E-state index contributed by atoms with van der Waals surface area (Å²) in [6, 6.07) is 7.89. The van der Waals surface area contributed by atoms with Gasteiger partial charge >= 0.3 is 5.97 Å². The van der Waals surface area contributed by atoms with E-state index < -0.39 is 0 Å². The van der Waals surface area contributed by atoms with Gasteiger partial charge in [0.2, 0.25) is 0 Å². The topological polar surface area (TPSA) is 38.3 Å². The summed E-state index contributed by atoms with van der Waals surface area (Å²) < 4.78 is 5.61. The highest BCUT2D eigenvalue weighted by molar-refractivity contribution is 5.83. The lowest BCUT2D eigenvalue weighted by atomic mass is 9.98. The van der Waals surface area contributed by atoms with Crippen LogP contribution >= 0.6 is 0 Å². The van der Waals surface area contributed by atoms with Gasteiger partial charge in [-0.1, -0.05) is 24.6 Å². The van der Waals surface area contributed by atoms with Crippen molar-refractivity contribution in [2.45, 2.75) is 50.7 Å². The molecule has 3 nitrogen and oxygen atoms in total. The minimum Gasteiger partial charge on any atom is -0.461 e. The van der Waals surface area contributed by atoms with E-state index in [1.54, 1.807) is 0 Å². The molecule has 1 fully saturated rings. The molecule has 0 aromatic heterocycles. The summed E-state index contributed by atoms with van der Waals surface area (Å²) in [5.41, 5.74) is 2.28. The molecule has 0 bridgehead atoms. The summed E-state index contributed by atoms with van der Waals surface area (Å²) in [4.78, 5) is 12.1. The van der Waals surface area contributed by atoms with Crippen molar-refractivity contribution in [1.82, 2.24) is 0 Å². The first-order chi connectivity index (χ1) is 8.83. The van der Waals surface area contributed by atoms with Gasteiger partial charge in [0.05, 0.1) is 0 Å². The molecule has 1 atom stereocenters. The number of fused-ring (bicyclic) bond motifs is 1. The Hall–Kier alpha value is -1.51. The molecule has 0 amide bonds. The summed E-state index contributed by atoms with van der Waals surface area (Å²) in [6.07, 6.45) is 6.63. The predicted molar refractivity (Wildman–Crippen MR) is 70.5 cm³/mol. The van der Waals surface area contributed by atoms with E-state index in [9.17, 15) is 4.79 Å². The zero-order chi connectivity index (χ0) is 12.4. The van der Waals surface area contributed by atoms with Crippen LogP contribution in [0.15, 0.2) is 24.3 Å². The fourth-order valence-electron chi connectivity index (χ4n) is 2.87. The second kappa shape index (κ2) is 5.01. The molecule has 1 aliphatic carbocycles. The van der Waals surface area contributed by atoms with Crippen LogP contribution in [0.3, 0.4) is 0 Å². The van der Waals surface area contributed by atoms with E-state index in [0.717, 1.165) is 24.9 Å². The molecule has 0 unspecified atom stereocenters. The van der Waals surface area contributed by atoms with Gasteiger partial charge in [0.25, 0.3) is 0 Å². The Kier molecular flexibility index (Phi) is 3.22. The maximum absolute atomic E-state index is 12.1. The smallest absolute Gasteiger partial charge is 0.329 e. The average molecular weight is 245 g/mol. The third kappa shape index (κ3) is 2.35. The van der Waals surface area contributed by atoms with E-state index in [1.807, 2.05) is 18.2 Å². The number of carbonyl (C=O) groups is 1. The van der Waals surface area contributed by atoms with Crippen LogP contribution in [0.1, 0.15) is 37.7 Å². The number of ether oxygens (including phenoxy) is 1. The van der Waals surface area contributed by atoms with Crippen LogP contribution in [-0.2, 0) is 16.0 Å². The van der Waals surface area contributed by atoms with Crippen LogP contribution in [0.4, 0.5) is 5.69 Å². The molecule has 1 saturated carbocycles. The lowest BCUT2D eigenvalue weighted by Gasteiger charge is -2.23. The highest BCUT2D eigenvalue weighted by Crippen LogP contribution is 2.27. The average Bonchev–Trinajstić information content (AvgIpc) is 2.84. The molecular weight excluding hydrogens is 226 g/mol. The second-order valence-electron chi connectivity index (χ2n) is 5.26. The zero-order valence-electron chi connectivity index (χ0n) is 10.5. The molecular formula is C15H19NO2. The van der Waals surface area contributed by atoms with E-state index in [4.69, 9.17) is 4.74 Å². The molecule has 1 heterocycles. The third-order valence-corrected chi connectivity index (χ3v) is 3.89.